The summed E-state index contributed by atoms with van der Waals surface area (Å²) in [5, 5.41) is 9.53. The van der Waals surface area contributed by atoms with Crippen LogP contribution in [-0.2, 0) is 9.59 Å². The molecule has 1 atom stereocenters. The van der Waals surface area contributed by atoms with Gasteiger partial charge in [0.2, 0.25) is 11.8 Å². The number of carbonyl (C=O) groups excluding carboxylic acids is 2. The van der Waals surface area contributed by atoms with Gasteiger partial charge in [-0.1, -0.05) is 6.07 Å². The summed E-state index contributed by atoms with van der Waals surface area (Å²) in [7, 11) is 0. The molecule has 0 bridgehead atoms. The lowest BCUT2D eigenvalue weighted by Crippen LogP contribution is -2.16. The number of nitrogens with two attached hydrogens (primary N) is 1. The number of thiophene rings is 1. The monoisotopic (exact) mass is 301 g/mol. The minimum atomic E-state index is -0.316. The standard InChI is InChI=1S/C15H15N3O2S/c1-8-6-21-7-10(8)15(16)9-2-3-11-12(4-9)18-14(20)5-13(19)17-11/h2-4,6-7,15H,5,16H2,1H3,(H,17,19)(H,18,20). The average molecular weight is 301 g/mol. The van der Waals surface area contributed by atoms with Crippen LogP contribution in [0.25, 0.3) is 0 Å². The molecule has 0 saturated carbocycles. The van der Waals surface area contributed by atoms with Gasteiger partial charge in [0.1, 0.15) is 6.42 Å². The molecule has 2 aromatic rings. The highest BCUT2D eigenvalue weighted by Gasteiger charge is 2.20. The van der Waals surface area contributed by atoms with Gasteiger partial charge in [-0.3, -0.25) is 9.59 Å². The van der Waals surface area contributed by atoms with E-state index < -0.39 is 0 Å². The molecular weight excluding hydrogens is 286 g/mol. The molecule has 0 radical (unpaired) electrons. The van der Waals surface area contributed by atoms with E-state index in [2.05, 4.69) is 16.0 Å². The van der Waals surface area contributed by atoms with Crippen molar-refractivity contribution in [2.45, 2.75) is 19.4 Å². The molecule has 0 fully saturated rings. The Hall–Kier alpha value is -2.18. The largest absolute Gasteiger partial charge is 0.324 e. The van der Waals surface area contributed by atoms with Crippen LogP contribution in [-0.4, -0.2) is 11.8 Å². The van der Waals surface area contributed by atoms with Gasteiger partial charge in [0, 0.05) is 0 Å². The number of benzene rings is 1. The number of amides is 2. The SMILES string of the molecule is Cc1cscc1C(N)c1ccc2c(c1)NC(=O)CC(=O)N2. The van der Waals surface area contributed by atoms with Gasteiger partial charge in [-0.15, -0.1) is 0 Å². The summed E-state index contributed by atoms with van der Waals surface area (Å²) in [5.41, 5.74) is 10.6. The normalized spacial score (nSPS) is 15.7. The Kier molecular flexibility index (Phi) is 3.48. The fraction of sp³-hybridized carbons (Fsp3) is 0.200. The Morgan fingerprint density at radius 2 is 1.86 bits per heavy atom. The van der Waals surface area contributed by atoms with Crippen LogP contribution >= 0.6 is 11.3 Å². The zero-order chi connectivity index (χ0) is 15.0. The van der Waals surface area contributed by atoms with Crippen LogP contribution in [0, 0.1) is 6.92 Å². The summed E-state index contributed by atoms with van der Waals surface area (Å²) in [4.78, 5) is 23.1. The van der Waals surface area contributed by atoms with Crippen molar-refractivity contribution in [1.29, 1.82) is 0 Å². The molecule has 5 nitrogen and oxygen atoms in total. The molecule has 2 heterocycles. The predicted molar refractivity (Wildman–Crippen MR) is 83.4 cm³/mol. The van der Waals surface area contributed by atoms with E-state index in [0.717, 1.165) is 16.7 Å². The van der Waals surface area contributed by atoms with E-state index in [1.807, 2.05) is 24.4 Å². The highest BCUT2D eigenvalue weighted by molar-refractivity contribution is 7.08. The number of aryl methyl sites for hydroxylation is 1. The van der Waals surface area contributed by atoms with Crippen molar-refractivity contribution >= 4 is 34.5 Å². The van der Waals surface area contributed by atoms with Crippen LogP contribution in [0.2, 0.25) is 0 Å². The number of carbonyl (C=O) groups is 2. The number of hydrogen-bond donors (Lipinski definition) is 3. The molecule has 6 heteroatoms. The first-order valence-corrected chi connectivity index (χ1v) is 7.51. The van der Waals surface area contributed by atoms with Crippen molar-refractivity contribution in [2.24, 2.45) is 5.73 Å². The third kappa shape index (κ3) is 2.68. The summed E-state index contributed by atoms with van der Waals surface area (Å²) >= 11 is 1.62. The van der Waals surface area contributed by atoms with E-state index in [0.29, 0.717) is 11.4 Å². The second kappa shape index (κ2) is 5.31. The fourth-order valence-corrected chi connectivity index (χ4v) is 3.26. The summed E-state index contributed by atoms with van der Waals surface area (Å²) in [6.45, 7) is 2.02. The maximum absolute atomic E-state index is 11.6. The van der Waals surface area contributed by atoms with Gasteiger partial charge in [-0.2, -0.15) is 11.3 Å². The highest BCUT2D eigenvalue weighted by atomic mass is 32.1. The lowest BCUT2D eigenvalue weighted by Gasteiger charge is -2.15. The van der Waals surface area contributed by atoms with Crippen LogP contribution < -0.4 is 16.4 Å². The molecule has 3 rings (SSSR count). The molecule has 21 heavy (non-hydrogen) atoms. The van der Waals surface area contributed by atoms with E-state index in [9.17, 15) is 9.59 Å². The number of rotatable bonds is 2. The number of nitrogens with one attached hydrogen (secondary N) is 2. The summed E-state index contributed by atoms with van der Waals surface area (Å²) in [5.74, 6) is -0.624. The van der Waals surface area contributed by atoms with E-state index in [-0.39, 0.29) is 24.3 Å². The summed E-state index contributed by atoms with van der Waals surface area (Å²) in [6.07, 6.45) is -0.167. The van der Waals surface area contributed by atoms with Gasteiger partial charge < -0.3 is 16.4 Å². The Balaban J connectivity index is 1.98. The minimum absolute atomic E-state index is 0.167. The van der Waals surface area contributed by atoms with Crippen LogP contribution in [0.5, 0.6) is 0 Å². The molecular formula is C15H15N3O2S. The molecule has 108 valence electrons. The quantitative estimate of drug-likeness (QED) is 0.745. The first-order valence-electron chi connectivity index (χ1n) is 6.56. The van der Waals surface area contributed by atoms with Crippen molar-refractivity contribution in [3.8, 4) is 0 Å². The Morgan fingerprint density at radius 1 is 1.14 bits per heavy atom. The lowest BCUT2D eigenvalue weighted by molar-refractivity contribution is -0.123. The number of fused-ring (bicyclic) bond motifs is 1. The first-order chi connectivity index (χ1) is 10.0. The maximum atomic E-state index is 11.6. The lowest BCUT2D eigenvalue weighted by atomic mass is 9.98. The fourth-order valence-electron chi connectivity index (χ4n) is 2.37. The third-order valence-corrected chi connectivity index (χ3v) is 4.38. The van der Waals surface area contributed by atoms with Gasteiger partial charge in [0.25, 0.3) is 0 Å². The Labute approximate surface area is 126 Å². The van der Waals surface area contributed by atoms with Crippen molar-refractivity contribution in [2.75, 3.05) is 10.6 Å². The Morgan fingerprint density at radius 3 is 2.52 bits per heavy atom. The first kappa shape index (κ1) is 13.8. The van der Waals surface area contributed by atoms with Crippen molar-refractivity contribution in [3.63, 3.8) is 0 Å². The van der Waals surface area contributed by atoms with E-state index in [4.69, 9.17) is 5.73 Å². The molecule has 4 N–H and O–H groups in total. The second-order valence-electron chi connectivity index (χ2n) is 5.07. The molecule has 1 aliphatic rings. The zero-order valence-corrected chi connectivity index (χ0v) is 12.3. The molecule has 1 aliphatic heterocycles. The van der Waals surface area contributed by atoms with Gasteiger partial charge in [-0.05, 0) is 46.5 Å². The highest BCUT2D eigenvalue weighted by Crippen LogP contribution is 2.31. The molecule has 2 amide bonds. The Bertz CT molecular complexity index is 723. The minimum Gasteiger partial charge on any atom is -0.324 e. The number of anilines is 2. The van der Waals surface area contributed by atoms with Crippen molar-refractivity contribution < 1.29 is 9.59 Å². The average Bonchev–Trinajstić information content (AvgIpc) is 2.79. The molecule has 0 aliphatic carbocycles. The molecule has 1 unspecified atom stereocenters. The molecule has 1 aromatic carbocycles. The van der Waals surface area contributed by atoms with E-state index in [1.54, 1.807) is 17.4 Å². The van der Waals surface area contributed by atoms with Gasteiger partial charge in [-0.25, -0.2) is 0 Å². The maximum Gasteiger partial charge on any atom is 0.233 e. The number of hydrogen-bond acceptors (Lipinski definition) is 4. The topological polar surface area (TPSA) is 84.2 Å². The zero-order valence-electron chi connectivity index (χ0n) is 11.5. The summed E-state index contributed by atoms with van der Waals surface area (Å²) in [6, 6.07) is 5.21. The molecule has 0 saturated heterocycles. The van der Waals surface area contributed by atoms with Crippen LogP contribution in [0.3, 0.4) is 0 Å². The molecule has 1 aromatic heterocycles. The second-order valence-corrected chi connectivity index (χ2v) is 5.81. The van der Waals surface area contributed by atoms with E-state index >= 15 is 0 Å². The van der Waals surface area contributed by atoms with Crippen LogP contribution in [0.15, 0.2) is 29.0 Å². The summed E-state index contributed by atoms with van der Waals surface area (Å²) < 4.78 is 0. The van der Waals surface area contributed by atoms with Gasteiger partial charge >= 0.3 is 0 Å². The van der Waals surface area contributed by atoms with Crippen LogP contribution in [0.4, 0.5) is 11.4 Å². The molecule has 0 spiro atoms. The van der Waals surface area contributed by atoms with Crippen molar-refractivity contribution in [3.05, 3.63) is 45.6 Å². The van der Waals surface area contributed by atoms with Gasteiger partial charge in [0.15, 0.2) is 0 Å². The van der Waals surface area contributed by atoms with E-state index in [1.165, 1.54) is 0 Å². The van der Waals surface area contributed by atoms with Crippen LogP contribution in [0.1, 0.15) is 29.2 Å². The predicted octanol–water partition coefficient (Wildman–Crippen LogP) is 2.39. The van der Waals surface area contributed by atoms with Gasteiger partial charge in [0.05, 0.1) is 17.4 Å². The smallest absolute Gasteiger partial charge is 0.233 e. The van der Waals surface area contributed by atoms with Crippen molar-refractivity contribution in [1.82, 2.24) is 0 Å². The third-order valence-electron chi connectivity index (χ3n) is 3.50.